The number of morpholine rings is 1. The third kappa shape index (κ3) is 9.06. The standard InChI is InChI=1S/C41H56ClN3O3S/c1-5-9-32-24-36(42)15-17-38(32)35-27-45-26-34-13-16-37(34)31(11-6-7-19-44-20-22-47-23-21-44)12-8-10-29(2)30(3)49(4)43-41(46)33-14-18-40(48-28-35)39(45)25-33/h14-15,17-18,24-25,29-31,34-35,37H,4-5,7-10,12-13,16,19-23,26-28H2,1-3H3,(H,43,46). The second kappa shape index (κ2) is 17.1. The highest BCUT2D eigenvalue weighted by Crippen LogP contribution is 2.45. The van der Waals surface area contributed by atoms with Crippen molar-refractivity contribution in [3.05, 3.63) is 58.1 Å². The maximum Gasteiger partial charge on any atom is 0.260 e. The molecule has 7 atom stereocenters. The van der Waals surface area contributed by atoms with E-state index in [1.54, 1.807) is 0 Å². The fourth-order valence-electron chi connectivity index (χ4n) is 8.17. The summed E-state index contributed by atoms with van der Waals surface area (Å²) in [5, 5.41) is 1.08. The molecule has 0 radical (unpaired) electrons. The van der Waals surface area contributed by atoms with E-state index < -0.39 is 10.7 Å². The highest BCUT2D eigenvalue weighted by Gasteiger charge is 2.39. The van der Waals surface area contributed by atoms with Crippen molar-refractivity contribution in [2.75, 3.05) is 57.4 Å². The summed E-state index contributed by atoms with van der Waals surface area (Å²) in [5.74, 6) is 14.9. The molecule has 2 fully saturated rings. The summed E-state index contributed by atoms with van der Waals surface area (Å²) in [6.45, 7) is 13.9. The third-order valence-electron chi connectivity index (χ3n) is 11.5. The van der Waals surface area contributed by atoms with Gasteiger partial charge in [0.2, 0.25) is 0 Å². The molecule has 266 valence electrons. The zero-order valence-electron chi connectivity index (χ0n) is 29.9. The predicted molar refractivity (Wildman–Crippen MR) is 206 cm³/mol. The monoisotopic (exact) mass is 705 g/mol. The SMILES string of the molecule is C=S1NC(=O)c2ccc3c(c2)N(CC(c2ccc(Cl)cc2CCC)CO3)CC2CCC2C(C#CCCN2CCOCC2)CCCC(C)C1C. The summed E-state index contributed by atoms with van der Waals surface area (Å²) in [5.41, 5.74) is 4.33. The van der Waals surface area contributed by atoms with Crippen LogP contribution in [0.15, 0.2) is 36.4 Å². The number of anilines is 1. The molecule has 3 aliphatic heterocycles. The number of nitrogens with zero attached hydrogens (tertiary/aromatic N) is 2. The largest absolute Gasteiger partial charge is 0.491 e. The number of ether oxygens (including phenoxy) is 2. The topological polar surface area (TPSA) is 54.0 Å². The number of fused-ring (bicyclic) bond motifs is 2. The predicted octanol–water partition coefficient (Wildman–Crippen LogP) is 8.20. The van der Waals surface area contributed by atoms with Crippen LogP contribution in [-0.4, -0.2) is 74.5 Å². The molecule has 49 heavy (non-hydrogen) atoms. The number of carbonyl (C=O) groups excluding carboxylic acids is 1. The Balaban J connectivity index is 1.30. The van der Waals surface area contributed by atoms with Gasteiger partial charge in [0, 0.05) is 66.8 Å². The van der Waals surface area contributed by atoms with E-state index in [1.165, 1.54) is 24.0 Å². The van der Waals surface area contributed by atoms with Crippen molar-refractivity contribution in [1.82, 2.24) is 9.62 Å². The quantitative estimate of drug-likeness (QED) is 0.251. The molecule has 1 amide bonds. The van der Waals surface area contributed by atoms with Gasteiger partial charge in [-0.3, -0.25) is 9.69 Å². The van der Waals surface area contributed by atoms with Gasteiger partial charge in [0.1, 0.15) is 5.75 Å². The van der Waals surface area contributed by atoms with E-state index in [0.29, 0.717) is 41.1 Å². The molecule has 2 bridgehead atoms. The minimum Gasteiger partial charge on any atom is -0.491 e. The van der Waals surface area contributed by atoms with Crippen molar-refractivity contribution in [1.29, 1.82) is 0 Å². The van der Waals surface area contributed by atoms with E-state index in [9.17, 15) is 4.79 Å². The number of hydrogen-bond donors (Lipinski definition) is 1. The zero-order valence-corrected chi connectivity index (χ0v) is 31.4. The Morgan fingerprint density at radius 3 is 2.67 bits per heavy atom. The van der Waals surface area contributed by atoms with E-state index in [1.807, 2.05) is 18.2 Å². The Hall–Kier alpha value is -2.50. The van der Waals surface area contributed by atoms with Crippen molar-refractivity contribution in [3.8, 4) is 17.6 Å². The Bertz CT molecular complexity index is 1530. The van der Waals surface area contributed by atoms with Gasteiger partial charge >= 0.3 is 0 Å². The molecule has 6 rings (SSSR count). The number of aryl methyl sites for hydroxylation is 1. The number of nitrogens with one attached hydrogen (secondary N) is 1. The van der Waals surface area contributed by atoms with Crippen LogP contribution in [0, 0.1) is 35.5 Å². The van der Waals surface area contributed by atoms with Crippen LogP contribution in [0.1, 0.15) is 93.1 Å². The Morgan fingerprint density at radius 2 is 1.90 bits per heavy atom. The normalized spacial score (nSPS) is 29.7. The second-order valence-corrected chi connectivity index (χ2v) is 17.0. The molecular formula is C41H56ClN3O3S. The summed E-state index contributed by atoms with van der Waals surface area (Å²) in [7, 11) is -0.486. The molecule has 4 aliphatic rings. The van der Waals surface area contributed by atoms with Crippen molar-refractivity contribution < 1.29 is 14.3 Å². The fraction of sp³-hybridized carbons (Fsp3) is 0.610. The Labute approximate surface area is 302 Å². The van der Waals surface area contributed by atoms with E-state index in [0.717, 1.165) is 101 Å². The first-order chi connectivity index (χ1) is 23.8. The van der Waals surface area contributed by atoms with Gasteiger partial charge in [-0.05, 0) is 91.3 Å². The van der Waals surface area contributed by atoms with Crippen LogP contribution in [0.3, 0.4) is 0 Å². The molecule has 7 unspecified atom stereocenters. The van der Waals surface area contributed by atoms with Crippen molar-refractivity contribution >= 4 is 39.7 Å². The van der Waals surface area contributed by atoms with Crippen LogP contribution in [0.2, 0.25) is 5.02 Å². The van der Waals surface area contributed by atoms with E-state index in [4.69, 9.17) is 21.1 Å². The fourth-order valence-corrected chi connectivity index (χ4v) is 9.60. The summed E-state index contributed by atoms with van der Waals surface area (Å²) in [6.07, 6.45) is 8.85. The lowest BCUT2D eigenvalue weighted by Crippen LogP contribution is -2.42. The number of hydrogen-bond acceptors (Lipinski definition) is 5. The van der Waals surface area contributed by atoms with E-state index in [-0.39, 0.29) is 11.8 Å². The van der Waals surface area contributed by atoms with Crippen LogP contribution in [0.25, 0.3) is 0 Å². The first-order valence-electron chi connectivity index (χ1n) is 18.7. The van der Waals surface area contributed by atoms with Gasteiger partial charge in [0.05, 0.1) is 25.5 Å². The molecule has 6 nitrogen and oxygen atoms in total. The minimum absolute atomic E-state index is 0.0510. The van der Waals surface area contributed by atoms with Crippen LogP contribution in [0.5, 0.6) is 5.75 Å². The summed E-state index contributed by atoms with van der Waals surface area (Å²) >= 11 is 6.49. The maximum atomic E-state index is 13.6. The molecule has 1 saturated heterocycles. The Kier molecular flexibility index (Phi) is 12.7. The molecule has 3 heterocycles. The van der Waals surface area contributed by atoms with Crippen molar-refractivity contribution in [3.63, 3.8) is 0 Å². The molecule has 1 N–H and O–H groups in total. The van der Waals surface area contributed by atoms with Gasteiger partial charge in [0.25, 0.3) is 5.91 Å². The lowest BCUT2D eigenvalue weighted by Gasteiger charge is -2.44. The second-order valence-electron chi connectivity index (χ2n) is 14.8. The number of benzene rings is 2. The average molecular weight is 706 g/mol. The smallest absolute Gasteiger partial charge is 0.260 e. The lowest BCUT2D eigenvalue weighted by atomic mass is 9.65. The van der Waals surface area contributed by atoms with Gasteiger partial charge < -0.3 is 19.1 Å². The number of carbonyl (C=O) groups is 1. The third-order valence-corrected chi connectivity index (χ3v) is 13.6. The maximum absolute atomic E-state index is 13.6. The van der Waals surface area contributed by atoms with E-state index >= 15 is 0 Å². The Morgan fingerprint density at radius 1 is 1.06 bits per heavy atom. The zero-order chi connectivity index (χ0) is 34.3. The molecule has 2 aromatic rings. The molecule has 2 aromatic carbocycles. The van der Waals surface area contributed by atoms with Gasteiger partial charge in [-0.1, -0.05) is 73.7 Å². The highest BCUT2D eigenvalue weighted by molar-refractivity contribution is 8.13. The van der Waals surface area contributed by atoms with E-state index in [2.05, 4.69) is 71.2 Å². The van der Waals surface area contributed by atoms with Crippen LogP contribution in [-0.2, 0) is 11.2 Å². The number of halogens is 1. The minimum atomic E-state index is -0.486. The first kappa shape index (κ1) is 36.3. The van der Waals surface area contributed by atoms with Gasteiger partial charge in [-0.15, -0.1) is 5.92 Å². The number of amides is 1. The van der Waals surface area contributed by atoms with Gasteiger partial charge in [-0.25, -0.2) is 0 Å². The van der Waals surface area contributed by atoms with Gasteiger partial charge in [0.15, 0.2) is 0 Å². The molecule has 0 spiro atoms. The molecule has 1 aliphatic carbocycles. The first-order valence-corrected chi connectivity index (χ1v) is 20.6. The molecular weight excluding hydrogens is 650 g/mol. The number of rotatable bonds is 5. The van der Waals surface area contributed by atoms with Crippen LogP contribution in [0.4, 0.5) is 5.69 Å². The summed E-state index contributed by atoms with van der Waals surface area (Å²) in [4.78, 5) is 18.7. The highest BCUT2D eigenvalue weighted by atomic mass is 35.5. The van der Waals surface area contributed by atoms with Crippen molar-refractivity contribution in [2.45, 2.75) is 83.3 Å². The lowest BCUT2D eigenvalue weighted by molar-refractivity contribution is 0.0389. The van der Waals surface area contributed by atoms with Crippen molar-refractivity contribution in [2.24, 2.45) is 23.7 Å². The van der Waals surface area contributed by atoms with Crippen LogP contribution >= 0.6 is 22.3 Å². The average Bonchev–Trinajstić information content (AvgIpc) is 3.27. The molecule has 8 heteroatoms. The van der Waals surface area contributed by atoms with Gasteiger partial charge in [-0.2, -0.15) is 0 Å². The van der Waals surface area contributed by atoms with Crippen LogP contribution < -0.4 is 14.4 Å². The molecule has 0 aromatic heterocycles. The molecule has 1 saturated carbocycles. The summed E-state index contributed by atoms with van der Waals surface area (Å²) < 4.78 is 15.4. The summed E-state index contributed by atoms with van der Waals surface area (Å²) in [6, 6.07) is 12.4.